The lowest BCUT2D eigenvalue weighted by Crippen LogP contribution is -2.61. The molecule has 0 radical (unpaired) electrons. The van der Waals surface area contributed by atoms with Crippen molar-refractivity contribution in [2.24, 2.45) is 5.16 Å². The van der Waals surface area contributed by atoms with Crippen LogP contribution >= 0.6 is 0 Å². The first kappa shape index (κ1) is 24.9. The van der Waals surface area contributed by atoms with Crippen molar-refractivity contribution < 1.29 is 36.1 Å². The predicted molar refractivity (Wildman–Crippen MR) is 124 cm³/mol. The Kier molecular flexibility index (Phi) is 5.79. The van der Waals surface area contributed by atoms with Crippen LogP contribution in [0.5, 0.6) is 0 Å². The molecule has 0 N–H and O–H groups in total. The SMILES string of the molecule is Cc1cc(C2(C(F)(F)F)CC(c3ccc4c(c3)COC43CN(C(=O)CS(C)=O)C3)=NO2)cc(C)c1F. The molecule has 2 aromatic carbocycles. The molecule has 11 heteroatoms. The summed E-state index contributed by atoms with van der Waals surface area (Å²) in [7, 11) is -1.23. The van der Waals surface area contributed by atoms with Crippen LogP contribution in [0.4, 0.5) is 17.6 Å². The van der Waals surface area contributed by atoms with Crippen molar-refractivity contribution in [2.45, 2.75) is 44.3 Å². The lowest BCUT2D eigenvalue weighted by atomic mass is 9.82. The van der Waals surface area contributed by atoms with Gasteiger partial charge in [0.25, 0.3) is 5.60 Å². The van der Waals surface area contributed by atoms with Gasteiger partial charge in [0, 0.05) is 29.0 Å². The fourth-order valence-electron chi connectivity index (χ4n) is 5.14. The zero-order chi connectivity index (χ0) is 26.0. The number of benzene rings is 2. The van der Waals surface area contributed by atoms with E-state index in [1.807, 2.05) is 0 Å². The second-order valence-corrected chi connectivity index (χ2v) is 11.1. The first-order valence-corrected chi connectivity index (χ1v) is 13.0. The summed E-state index contributed by atoms with van der Waals surface area (Å²) >= 11 is 0. The van der Waals surface area contributed by atoms with Crippen LogP contribution in [0, 0.1) is 19.7 Å². The minimum Gasteiger partial charge on any atom is -0.374 e. The van der Waals surface area contributed by atoms with Gasteiger partial charge in [0.15, 0.2) is 0 Å². The van der Waals surface area contributed by atoms with Crippen LogP contribution in [0.1, 0.15) is 39.8 Å². The molecule has 0 saturated carbocycles. The number of likely N-dealkylation sites (tertiary alicyclic amines) is 1. The van der Waals surface area contributed by atoms with Crippen molar-refractivity contribution in [3.05, 3.63) is 69.5 Å². The summed E-state index contributed by atoms with van der Waals surface area (Å²) in [5.41, 5.74) is -1.08. The summed E-state index contributed by atoms with van der Waals surface area (Å²) in [5, 5.41) is 3.82. The topological polar surface area (TPSA) is 68.2 Å². The number of oxime groups is 1. The van der Waals surface area contributed by atoms with E-state index in [1.54, 1.807) is 23.1 Å². The molecule has 192 valence electrons. The fourth-order valence-corrected chi connectivity index (χ4v) is 5.67. The lowest BCUT2D eigenvalue weighted by Gasteiger charge is -2.47. The van der Waals surface area contributed by atoms with E-state index in [2.05, 4.69) is 5.16 Å². The summed E-state index contributed by atoms with van der Waals surface area (Å²) in [6, 6.07) is 7.53. The van der Waals surface area contributed by atoms with Gasteiger partial charge in [0.05, 0.1) is 25.4 Å². The third-order valence-electron chi connectivity index (χ3n) is 7.09. The van der Waals surface area contributed by atoms with Crippen LogP contribution in [-0.2, 0) is 43.0 Å². The van der Waals surface area contributed by atoms with Crippen LogP contribution in [0.15, 0.2) is 35.5 Å². The summed E-state index contributed by atoms with van der Waals surface area (Å²) in [5.74, 6) is -0.806. The fraction of sp³-hybridized carbons (Fsp3) is 0.440. The number of carbonyl (C=O) groups is 1. The Labute approximate surface area is 207 Å². The number of alkyl halides is 3. The van der Waals surface area contributed by atoms with Gasteiger partial charge < -0.3 is 14.5 Å². The quantitative estimate of drug-likeness (QED) is 0.568. The average molecular weight is 525 g/mol. The molecule has 2 unspecified atom stereocenters. The van der Waals surface area contributed by atoms with E-state index in [-0.39, 0.29) is 40.7 Å². The number of fused-ring (bicyclic) bond motifs is 2. The monoisotopic (exact) mass is 524 g/mol. The minimum atomic E-state index is -4.79. The van der Waals surface area contributed by atoms with Crippen molar-refractivity contribution in [1.82, 2.24) is 4.90 Å². The van der Waals surface area contributed by atoms with Crippen molar-refractivity contribution in [3.8, 4) is 0 Å². The molecule has 3 aliphatic heterocycles. The largest absolute Gasteiger partial charge is 0.435 e. The van der Waals surface area contributed by atoms with E-state index < -0.39 is 40.4 Å². The van der Waals surface area contributed by atoms with Gasteiger partial charge >= 0.3 is 6.18 Å². The van der Waals surface area contributed by atoms with E-state index >= 15 is 0 Å². The maximum atomic E-state index is 14.3. The molecule has 1 fully saturated rings. The summed E-state index contributed by atoms with van der Waals surface area (Å²) in [6.07, 6.45) is -3.87. The molecule has 2 aromatic rings. The van der Waals surface area contributed by atoms with Crippen molar-refractivity contribution >= 4 is 22.4 Å². The van der Waals surface area contributed by atoms with Crippen molar-refractivity contribution in [2.75, 3.05) is 25.1 Å². The van der Waals surface area contributed by atoms with E-state index in [0.717, 1.165) is 23.3 Å². The highest BCUT2D eigenvalue weighted by Gasteiger charge is 2.62. The Bertz CT molecular complexity index is 1300. The molecule has 3 aliphatic rings. The second kappa shape index (κ2) is 8.37. The Balaban J connectivity index is 1.39. The molecule has 3 heterocycles. The molecule has 0 bridgehead atoms. The van der Waals surface area contributed by atoms with Crippen LogP contribution in [-0.4, -0.2) is 52.0 Å². The number of nitrogens with zero attached hydrogens (tertiary/aromatic N) is 2. The van der Waals surface area contributed by atoms with Gasteiger partial charge in [-0.15, -0.1) is 0 Å². The van der Waals surface area contributed by atoms with Crippen LogP contribution in [0.2, 0.25) is 0 Å². The van der Waals surface area contributed by atoms with Gasteiger partial charge in [0.1, 0.15) is 17.2 Å². The number of carbonyl (C=O) groups excluding carboxylic acids is 1. The van der Waals surface area contributed by atoms with Gasteiger partial charge in [-0.05, 0) is 59.9 Å². The predicted octanol–water partition coefficient (Wildman–Crippen LogP) is 3.97. The number of ether oxygens (including phenoxy) is 1. The zero-order valence-electron chi connectivity index (χ0n) is 19.9. The second-order valence-electron chi connectivity index (χ2n) is 9.68. The number of hydrogen-bond acceptors (Lipinski definition) is 5. The van der Waals surface area contributed by atoms with Crippen LogP contribution in [0.25, 0.3) is 0 Å². The summed E-state index contributed by atoms with van der Waals surface area (Å²) < 4.78 is 74.5. The first-order valence-electron chi connectivity index (χ1n) is 11.3. The number of rotatable bonds is 4. The maximum Gasteiger partial charge on any atom is 0.435 e. The zero-order valence-corrected chi connectivity index (χ0v) is 20.7. The molecular formula is C25H24F4N2O4S. The van der Waals surface area contributed by atoms with E-state index in [1.165, 1.54) is 20.1 Å². The maximum absolute atomic E-state index is 14.3. The molecule has 6 nitrogen and oxygen atoms in total. The normalized spacial score (nSPS) is 23.2. The highest BCUT2D eigenvalue weighted by atomic mass is 32.2. The summed E-state index contributed by atoms with van der Waals surface area (Å²) in [4.78, 5) is 18.9. The van der Waals surface area contributed by atoms with E-state index in [4.69, 9.17) is 9.57 Å². The molecular weight excluding hydrogens is 500 g/mol. The molecule has 0 aromatic heterocycles. The molecule has 2 atom stereocenters. The molecule has 1 amide bonds. The molecule has 1 spiro atoms. The number of hydrogen-bond donors (Lipinski definition) is 0. The number of amides is 1. The Morgan fingerprint density at radius 2 is 1.83 bits per heavy atom. The van der Waals surface area contributed by atoms with Gasteiger partial charge in [-0.2, -0.15) is 13.2 Å². The van der Waals surface area contributed by atoms with Gasteiger partial charge in [-0.25, -0.2) is 4.39 Å². The van der Waals surface area contributed by atoms with Crippen LogP contribution in [0.3, 0.4) is 0 Å². The van der Waals surface area contributed by atoms with Crippen molar-refractivity contribution in [1.29, 1.82) is 0 Å². The number of halogens is 4. The molecule has 1 saturated heterocycles. The van der Waals surface area contributed by atoms with E-state index in [0.29, 0.717) is 18.7 Å². The third kappa shape index (κ3) is 3.83. The molecule has 0 aliphatic carbocycles. The highest BCUT2D eigenvalue weighted by Crippen LogP contribution is 2.50. The van der Waals surface area contributed by atoms with Gasteiger partial charge in [-0.3, -0.25) is 9.00 Å². The Morgan fingerprint density at radius 1 is 1.17 bits per heavy atom. The molecule has 5 rings (SSSR count). The lowest BCUT2D eigenvalue weighted by molar-refractivity contribution is -0.275. The molecule has 36 heavy (non-hydrogen) atoms. The number of aryl methyl sites for hydroxylation is 2. The van der Waals surface area contributed by atoms with Crippen LogP contribution < -0.4 is 0 Å². The van der Waals surface area contributed by atoms with Gasteiger partial charge in [-0.1, -0.05) is 17.3 Å². The first-order chi connectivity index (χ1) is 16.8. The van der Waals surface area contributed by atoms with E-state index in [9.17, 15) is 26.6 Å². The highest BCUT2D eigenvalue weighted by molar-refractivity contribution is 7.85. The smallest absolute Gasteiger partial charge is 0.374 e. The average Bonchev–Trinajstić information content (AvgIpc) is 3.38. The minimum absolute atomic E-state index is 0.0459. The van der Waals surface area contributed by atoms with Crippen molar-refractivity contribution in [3.63, 3.8) is 0 Å². The standard InChI is InChI=1S/C25H24F4N2O4S/c1-14-6-18(7-15(2)22(14)26)24(25(27,28)29)9-20(30-35-24)16-4-5-19-17(8-16)10-34-23(19)12-31(13-23)21(32)11-36(3)33/h4-8H,9-13H2,1-3H3. The Morgan fingerprint density at radius 3 is 2.44 bits per heavy atom. The summed E-state index contributed by atoms with van der Waals surface area (Å²) in [6.45, 7) is 3.75. The third-order valence-corrected chi connectivity index (χ3v) is 7.75. The Hall–Kier alpha value is -2.79. The van der Waals surface area contributed by atoms with Gasteiger partial charge in [0.2, 0.25) is 5.91 Å².